The molecule has 3 nitrogen and oxygen atoms in total. The van der Waals surface area contributed by atoms with E-state index in [-0.39, 0.29) is 5.78 Å². The van der Waals surface area contributed by atoms with E-state index < -0.39 is 11.3 Å². The molecule has 0 aromatic carbocycles. The van der Waals surface area contributed by atoms with Crippen LogP contribution in [0.5, 0.6) is 0 Å². The summed E-state index contributed by atoms with van der Waals surface area (Å²) in [5, 5.41) is 0. The number of amides is 1. The lowest BCUT2D eigenvalue weighted by Gasteiger charge is -2.14. The van der Waals surface area contributed by atoms with Crippen LogP contribution in [0.4, 0.5) is 0 Å². The van der Waals surface area contributed by atoms with E-state index in [2.05, 4.69) is 0 Å². The standard InChI is InChI=1S/C6H11NO2/c1-4(8)6(2,3)5(7)9/h1-3H3,(H2,7,9). The van der Waals surface area contributed by atoms with Crippen molar-refractivity contribution in [3.63, 3.8) is 0 Å². The molecule has 9 heavy (non-hydrogen) atoms. The Balaban J connectivity index is 4.38. The van der Waals surface area contributed by atoms with Gasteiger partial charge in [0.1, 0.15) is 11.2 Å². The zero-order valence-corrected chi connectivity index (χ0v) is 5.89. The van der Waals surface area contributed by atoms with E-state index in [1.165, 1.54) is 20.8 Å². The molecule has 0 saturated heterocycles. The maximum atomic E-state index is 10.6. The molecule has 0 heterocycles. The first-order chi connectivity index (χ1) is 3.89. The molecule has 0 rings (SSSR count). The Hall–Kier alpha value is -0.860. The first-order valence-corrected chi connectivity index (χ1v) is 2.70. The molecule has 52 valence electrons. The number of nitrogens with two attached hydrogens (primary N) is 1. The SMILES string of the molecule is CC(=O)C(C)(C)C(N)=O. The average molecular weight is 129 g/mol. The number of hydrogen-bond donors (Lipinski definition) is 1. The lowest BCUT2D eigenvalue weighted by atomic mass is 9.88. The first kappa shape index (κ1) is 8.14. The van der Waals surface area contributed by atoms with Crippen LogP contribution in [0.2, 0.25) is 0 Å². The third-order valence-electron chi connectivity index (χ3n) is 1.50. The molecular formula is C6H11NO2. The highest BCUT2D eigenvalue weighted by molar-refractivity contribution is 6.03. The van der Waals surface area contributed by atoms with Crippen molar-refractivity contribution in [2.24, 2.45) is 11.1 Å². The van der Waals surface area contributed by atoms with Gasteiger partial charge in [0, 0.05) is 0 Å². The van der Waals surface area contributed by atoms with Gasteiger partial charge in [-0.3, -0.25) is 9.59 Å². The summed E-state index contributed by atoms with van der Waals surface area (Å²) in [6, 6.07) is 0. The van der Waals surface area contributed by atoms with E-state index in [4.69, 9.17) is 5.73 Å². The summed E-state index contributed by atoms with van der Waals surface area (Å²) in [5.74, 6) is -0.773. The van der Waals surface area contributed by atoms with Gasteiger partial charge in [-0.2, -0.15) is 0 Å². The van der Waals surface area contributed by atoms with E-state index in [1.807, 2.05) is 0 Å². The molecule has 0 aromatic rings. The molecule has 2 N–H and O–H groups in total. The number of carbonyl (C=O) groups excluding carboxylic acids is 2. The highest BCUT2D eigenvalue weighted by Crippen LogP contribution is 2.14. The van der Waals surface area contributed by atoms with Crippen molar-refractivity contribution in [3.05, 3.63) is 0 Å². The fourth-order valence-electron chi connectivity index (χ4n) is 0.173. The smallest absolute Gasteiger partial charge is 0.230 e. The van der Waals surface area contributed by atoms with Crippen LogP contribution in [-0.4, -0.2) is 11.7 Å². The van der Waals surface area contributed by atoms with Crippen LogP contribution in [0.25, 0.3) is 0 Å². The van der Waals surface area contributed by atoms with Gasteiger partial charge in [-0.1, -0.05) is 0 Å². The summed E-state index contributed by atoms with van der Waals surface area (Å²) < 4.78 is 0. The largest absolute Gasteiger partial charge is 0.369 e. The predicted molar refractivity (Wildman–Crippen MR) is 33.7 cm³/mol. The Morgan fingerprint density at radius 2 is 1.67 bits per heavy atom. The number of ketones is 1. The zero-order chi connectivity index (χ0) is 7.65. The van der Waals surface area contributed by atoms with Gasteiger partial charge in [0.25, 0.3) is 0 Å². The van der Waals surface area contributed by atoms with E-state index >= 15 is 0 Å². The van der Waals surface area contributed by atoms with Crippen LogP contribution in [0.1, 0.15) is 20.8 Å². The summed E-state index contributed by atoms with van der Waals surface area (Å²) in [6.45, 7) is 4.38. The fourth-order valence-corrected chi connectivity index (χ4v) is 0.173. The van der Waals surface area contributed by atoms with Crippen LogP contribution in [0.15, 0.2) is 0 Å². The van der Waals surface area contributed by atoms with E-state index in [0.29, 0.717) is 0 Å². The average Bonchev–Trinajstić information content (AvgIpc) is 1.65. The van der Waals surface area contributed by atoms with Crippen LogP contribution in [0.3, 0.4) is 0 Å². The minimum Gasteiger partial charge on any atom is -0.369 e. The Kier molecular flexibility index (Phi) is 1.96. The van der Waals surface area contributed by atoms with Crippen molar-refractivity contribution < 1.29 is 9.59 Å². The third-order valence-corrected chi connectivity index (χ3v) is 1.50. The van der Waals surface area contributed by atoms with Crippen LogP contribution >= 0.6 is 0 Å². The molecule has 0 aliphatic heterocycles. The molecule has 0 aromatic heterocycles. The molecule has 0 fully saturated rings. The van der Waals surface area contributed by atoms with Crippen LogP contribution < -0.4 is 5.73 Å². The maximum absolute atomic E-state index is 10.6. The van der Waals surface area contributed by atoms with Crippen molar-refractivity contribution in [1.29, 1.82) is 0 Å². The zero-order valence-electron chi connectivity index (χ0n) is 5.89. The summed E-state index contributed by atoms with van der Waals surface area (Å²) >= 11 is 0. The maximum Gasteiger partial charge on any atom is 0.230 e. The molecule has 3 heteroatoms. The number of rotatable bonds is 2. The third kappa shape index (κ3) is 1.52. The molecule has 0 radical (unpaired) electrons. The molecule has 0 bridgehead atoms. The first-order valence-electron chi connectivity index (χ1n) is 2.70. The minimum absolute atomic E-state index is 0.199. The highest BCUT2D eigenvalue weighted by atomic mass is 16.2. The molecule has 0 aliphatic carbocycles. The Bertz CT molecular complexity index is 133. The Labute approximate surface area is 54.2 Å². The summed E-state index contributed by atoms with van der Waals surface area (Å²) in [7, 11) is 0. The van der Waals surface area contributed by atoms with Gasteiger partial charge in [0.05, 0.1) is 0 Å². The second-order valence-electron chi connectivity index (χ2n) is 2.55. The molecule has 1 amide bonds. The van der Waals surface area contributed by atoms with Gasteiger partial charge < -0.3 is 5.73 Å². The van der Waals surface area contributed by atoms with E-state index in [9.17, 15) is 9.59 Å². The molecular weight excluding hydrogens is 118 g/mol. The van der Waals surface area contributed by atoms with Crippen molar-refractivity contribution >= 4 is 11.7 Å². The Morgan fingerprint density at radius 1 is 1.33 bits per heavy atom. The van der Waals surface area contributed by atoms with Gasteiger partial charge in [0.2, 0.25) is 5.91 Å². The summed E-state index contributed by atoms with van der Waals surface area (Å²) in [4.78, 5) is 21.1. The minimum atomic E-state index is -1.00. The van der Waals surface area contributed by atoms with Gasteiger partial charge in [0.15, 0.2) is 0 Å². The molecule has 0 atom stereocenters. The molecule has 0 spiro atoms. The molecule has 0 saturated carbocycles. The van der Waals surface area contributed by atoms with Crippen molar-refractivity contribution in [2.45, 2.75) is 20.8 Å². The van der Waals surface area contributed by atoms with Gasteiger partial charge in [-0.15, -0.1) is 0 Å². The Morgan fingerprint density at radius 3 is 1.67 bits per heavy atom. The van der Waals surface area contributed by atoms with Crippen LogP contribution in [-0.2, 0) is 9.59 Å². The number of primary amides is 1. The van der Waals surface area contributed by atoms with Gasteiger partial charge >= 0.3 is 0 Å². The number of carbonyl (C=O) groups is 2. The van der Waals surface area contributed by atoms with E-state index in [0.717, 1.165) is 0 Å². The van der Waals surface area contributed by atoms with E-state index in [1.54, 1.807) is 0 Å². The monoisotopic (exact) mass is 129 g/mol. The molecule has 0 aliphatic rings. The topological polar surface area (TPSA) is 60.2 Å². The lowest BCUT2D eigenvalue weighted by Crippen LogP contribution is -2.37. The second-order valence-corrected chi connectivity index (χ2v) is 2.55. The normalized spacial score (nSPS) is 11.0. The predicted octanol–water partition coefficient (Wildman–Crippen LogP) is 0.0869. The quantitative estimate of drug-likeness (QED) is 0.537. The molecule has 0 unspecified atom stereocenters. The van der Waals surface area contributed by atoms with Gasteiger partial charge in [-0.05, 0) is 20.8 Å². The number of Topliss-reactive ketones (excluding diaryl/α,β-unsaturated/α-hetero) is 1. The van der Waals surface area contributed by atoms with Crippen LogP contribution in [0, 0.1) is 5.41 Å². The highest BCUT2D eigenvalue weighted by Gasteiger charge is 2.29. The van der Waals surface area contributed by atoms with Crippen molar-refractivity contribution in [1.82, 2.24) is 0 Å². The number of hydrogen-bond acceptors (Lipinski definition) is 2. The van der Waals surface area contributed by atoms with Crippen molar-refractivity contribution in [3.8, 4) is 0 Å². The second kappa shape index (κ2) is 2.17. The van der Waals surface area contributed by atoms with Crippen molar-refractivity contribution in [2.75, 3.05) is 0 Å². The van der Waals surface area contributed by atoms with Gasteiger partial charge in [-0.25, -0.2) is 0 Å². The lowest BCUT2D eigenvalue weighted by molar-refractivity contribution is -0.136. The summed E-state index contributed by atoms with van der Waals surface area (Å²) in [6.07, 6.45) is 0. The summed E-state index contributed by atoms with van der Waals surface area (Å²) in [5.41, 5.74) is 3.91. The fraction of sp³-hybridized carbons (Fsp3) is 0.667.